The normalized spacial score (nSPS) is 26.1. The zero-order chi connectivity index (χ0) is 16.1. The first-order chi connectivity index (χ1) is 11.2. The Labute approximate surface area is 136 Å². The van der Waals surface area contributed by atoms with Crippen LogP contribution in [-0.4, -0.2) is 80.4 Å². The van der Waals surface area contributed by atoms with E-state index in [1.807, 2.05) is 4.90 Å². The van der Waals surface area contributed by atoms with Gasteiger partial charge >= 0.3 is 0 Å². The van der Waals surface area contributed by atoms with Crippen LogP contribution in [0.3, 0.4) is 0 Å². The summed E-state index contributed by atoms with van der Waals surface area (Å²) in [5, 5.41) is 20.3. The van der Waals surface area contributed by atoms with Gasteiger partial charge in [-0.15, -0.1) is 5.10 Å². The van der Waals surface area contributed by atoms with E-state index in [-0.39, 0.29) is 17.9 Å². The highest BCUT2D eigenvalue weighted by Gasteiger charge is 2.41. The van der Waals surface area contributed by atoms with Crippen LogP contribution >= 0.6 is 0 Å². The standard InChI is InChI=1S/C15H26N6O2/c22-10-9-20-12-15(5-3-14(20)23)4-1-6-19(11-15)7-2-8-21-13-16-17-18-21/h13,22H,1-12H2/t15-/m1/s1. The maximum atomic E-state index is 12.0. The topological polar surface area (TPSA) is 87.4 Å². The molecule has 0 radical (unpaired) electrons. The smallest absolute Gasteiger partial charge is 0.222 e. The first-order valence-electron chi connectivity index (χ1n) is 8.53. The molecule has 1 spiro atoms. The van der Waals surface area contributed by atoms with E-state index in [1.165, 1.54) is 12.8 Å². The Morgan fingerprint density at radius 1 is 1.22 bits per heavy atom. The lowest BCUT2D eigenvalue weighted by Crippen LogP contribution is -2.54. The summed E-state index contributed by atoms with van der Waals surface area (Å²) < 4.78 is 1.77. The fraction of sp³-hybridized carbons (Fsp3) is 0.867. The Balaban J connectivity index is 1.51. The molecule has 1 aromatic heterocycles. The minimum Gasteiger partial charge on any atom is -0.395 e. The van der Waals surface area contributed by atoms with Gasteiger partial charge in [0.25, 0.3) is 0 Å². The monoisotopic (exact) mass is 322 g/mol. The molecule has 0 saturated carbocycles. The molecule has 1 amide bonds. The SMILES string of the molecule is O=C1CC[C@@]2(CCCN(CCCn3cnnn3)C2)CN1CCO. The van der Waals surface area contributed by atoms with Gasteiger partial charge in [0.15, 0.2) is 0 Å². The Morgan fingerprint density at radius 2 is 2.13 bits per heavy atom. The lowest BCUT2D eigenvalue weighted by atomic mass is 9.73. The van der Waals surface area contributed by atoms with Gasteiger partial charge in [-0.3, -0.25) is 4.79 Å². The summed E-state index contributed by atoms with van der Waals surface area (Å²) in [7, 11) is 0. The fourth-order valence-corrected chi connectivity index (χ4v) is 4.00. The number of rotatable bonds is 6. The Morgan fingerprint density at radius 3 is 2.91 bits per heavy atom. The van der Waals surface area contributed by atoms with Crippen molar-refractivity contribution in [1.82, 2.24) is 30.0 Å². The van der Waals surface area contributed by atoms with Crippen LogP contribution in [0.2, 0.25) is 0 Å². The second-order valence-corrected chi connectivity index (χ2v) is 6.85. The van der Waals surface area contributed by atoms with Crippen molar-refractivity contribution >= 4 is 5.91 Å². The van der Waals surface area contributed by atoms with Crippen molar-refractivity contribution in [2.24, 2.45) is 5.41 Å². The molecule has 8 nitrogen and oxygen atoms in total. The second-order valence-electron chi connectivity index (χ2n) is 6.85. The number of carbonyl (C=O) groups excluding carboxylic acids is 1. The largest absolute Gasteiger partial charge is 0.395 e. The molecule has 128 valence electrons. The third kappa shape index (κ3) is 4.06. The van der Waals surface area contributed by atoms with E-state index in [2.05, 4.69) is 20.4 Å². The average molecular weight is 322 g/mol. The number of aliphatic hydroxyl groups is 1. The number of hydrogen-bond donors (Lipinski definition) is 1. The molecule has 0 aliphatic carbocycles. The van der Waals surface area contributed by atoms with Crippen LogP contribution in [0.4, 0.5) is 0 Å². The number of likely N-dealkylation sites (tertiary alicyclic amines) is 2. The van der Waals surface area contributed by atoms with Gasteiger partial charge in [0, 0.05) is 38.0 Å². The number of piperidine rings is 2. The molecule has 0 unspecified atom stereocenters. The van der Waals surface area contributed by atoms with Gasteiger partial charge in [-0.2, -0.15) is 0 Å². The van der Waals surface area contributed by atoms with E-state index in [9.17, 15) is 4.79 Å². The molecule has 1 aromatic rings. The first-order valence-corrected chi connectivity index (χ1v) is 8.53. The van der Waals surface area contributed by atoms with Crippen LogP contribution in [0.15, 0.2) is 6.33 Å². The Hall–Kier alpha value is -1.54. The third-order valence-corrected chi connectivity index (χ3v) is 5.11. The molecule has 0 bridgehead atoms. The van der Waals surface area contributed by atoms with Crippen molar-refractivity contribution in [3.05, 3.63) is 6.33 Å². The summed E-state index contributed by atoms with van der Waals surface area (Å²) in [4.78, 5) is 16.3. The number of carbonyl (C=O) groups is 1. The molecule has 1 atom stereocenters. The zero-order valence-electron chi connectivity index (χ0n) is 13.6. The van der Waals surface area contributed by atoms with E-state index in [0.29, 0.717) is 13.0 Å². The maximum Gasteiger partial charge on any atom is 0.222 e. The lowest BCUT2D eigenvalue weighted by Gasteiger charge is -2.48. The highest BCUT2D eigenvalue weighted by molar-refractivity contribution is 5.77. The molecule has 3 heterocycles. The van der Waals surface area contributed by atoms with Gasteiger partial charge in [0.05, 0.1) is 6.61 Å². The average Bonchev–Trinajstić information content (AvgIpc) is 3.05. The van der Waals surface area contributed by atoms with Crippen LogP contribution in [0.5, 0.6) is 0 Å². The van der Waals surface area contributed by atoms with Gasteiger partial charge in [0.2, 0.25) is 5.91 Å². The van der Waals surface area contributed by atoms with Crippen LogP contribution in [0, 0.1) is 5.41 Å². The molecule has 1 N–H and O–H groups in total. The van der Waals surface area contributed by atoms with Crippen molar-refractivity contribution in [2.75, 3.05) is 39.3 Å². The van der Waals surface area contributed by atoms with Crippen molar-refractivity contribution in [3.63, 3.8) is 0 Å². The molecule has 2 aliphatic rings. The minimum atomic E-state index is 0.0531. The highest BCUT2D eigenvalue weighted by atomic mass is 16.3. The van der Waals surface area contributed by atoms with Gasteiger partial charge < -0.3 is 14.9 Å². The number of tetrazole rings is 1. The Kier molecular flexibility index (Phi) is 5.22. The molecule has 2 aliphatic heterocycles. The molecular formula is C15H26N6O2. The van der Waals surface area contributed by atoms with Gasteiger partial charge in [0.1, 0.15) is 6.33 Å². The predicted octanol–water partition coefficient (Wildman–Crippen LogP) is -0.240. The number of aliphatic hydroxyl groups excluding tert-OH is 1. The number of β-amino-alcohol motifs (C(OH)–C–C–N with tert-alkyl or cyclic N) is 1. The molecular weight excluding hydrogens is 296 g/mol. The number of amides is 1. The van der Waals surface area contributed by atoms with Crippen molar-refractivity contribution in [1.29, 1.82) is 0 Å². The van der Waals surface area contributed by atoms with E-state index in [1.54, 1.807) is 11.0 Å². The summed E-state index contributed by atoms with van der Waals surface area (Å²) in [6, 6.07) is 0. The van der Waals surface area contributed by atoms with Gasteiger partial charge in [-0.05, 0) is 49.2 Å². The van der Waals surface area contributed by atoms with Crippen LogP contribution in [0.1, 0.15) is 32.1 Å². The Bertz CT molecular complexity index is 508. The summed E-state index contributed by atoms with van der Waals surface area (Å²) in [5.74, 6) is 0.195. The van der Waals surface area contributed by atoms with E-state index < -0.39 is 0 Å². The number of aromatic nitrogens is 4. The van der Waals surface area contributed by atoms with Gasteiger partial charge in [-0.1, -0.05) is 0 Å². The van der Waals surface area contributed by atoms with Crippen LogP contribution in [-0.2, 0) is 11.3 Å². The highest BCUT2D eigenvalue weighted by Crippen LogP contribution is 2.38. The number of nitrogens with zero attached hydrogens (tertiary/aromatic N) is 6. The summed E-state index contributed by atoms with van der Waals surface area (Å²) in [6.07, 6.45) is 6.66. The molecule has 2 saturated heterocycles. The summed E-state index contributed by atoms with van der Waals surface area (Å²) in [5.41, 5.74) is 0.218. The van der Waals surface area contributed by atoms with E-state index in [0.717, 1.165) is 45.6 Å². The zero-order valence-corrected chi connectivity index (χ0v) is 13.6. The quantitative estimate of drug-likeness (QED) is 0.778. The molecule has 23 heavy (non-hydrogen) atoms. The summed E-state index contributed by atoms with van der Waals surface area (Å²) in [6.45, 7) is 5.39. The molecule has 8 heteroatoms. The molecule has 3 rings (SSSR count). The van der Waals surface area contributed by atoms with Gasteiger partial charge in [-0.25, -0.2) is 4.68 Å². The lowest BCUT2D eigenvalue weighted by molar-refractivity contribution is -0.140. The minimum absolute atomic E-state index is 0.0531. The van der Waals surface area contributed by atoms with Crippen molar-refractivity contribution < 1.29 is 9.90 Å². The van der Waals surface area contributed by atoms with Crippen LogP contribution in [0.25, 0.3) is 0 Å². The number of hydrogen-bond acceptors (Lipinski definition) is 6. The molecule has 2 fully saturated rings. The predicted molar refractivity (Wildman–Crippen MR) is 83.4 cm³/mol. The summed E-state index contributed by atoms with van der Waals surface area (Å²) >= 11 is 0. The second kappa shape index (κ2) is 7.35. The van der Waals surface area contributed by atoms with E-state index >= 15 is 0 Å². The maximum absolute atomic E-state index is 12.0. The molecule has 0 aromatic carbocycles. The van der Waals surface area contributed by atoms with Crippen LogP contribution < -0.4 is 0 Å². The number of aryl methyl sites for hydroxylation is 1. The van der Waals surface area contributed by atoms with E-state index in [4.69, 9.17) is 5.11 Å². The van der Waals surface area contributed by atoms with Crippen molar-refractivity contribution in [3.8, 4) is 0 Å². The third-order valence-electron chi connectivity index (χ3n) is 5.11. The fourth-order valence-electron chi connectivity index (χ4n) is 4.00. The first kappa shape index (κ1) is 16.3. The van der Waals surface area contributed by atoms with Crippen molar-refractivity contribution in [2.45, 2.75) is 38.6 Å².